The lowest BCUT2D eigenvalue weighted by Gasteiger charge is -2.22. The fraction of sp³-hybridized carbons (Fsp3) is 0.242. The molecule has 2 heterocycles. The van der Waals surface area contributed by atoms with Gasteiger partial charge in [-0.05, 0) is 53.8 Å². The molecule has 1 N–H and O–H groups in total. The Morgan fingerprint density at radius 2 is 1.73 bits per heavy atom. The highest BCUT2D eigenvalue weighted by Crippen LogP contribution is 2.31. The fourth-order valence-electron chi connectivity index (χ4n) is 4.81. The first-order chi connectivity index (χ1) is 19.9. The summed E-state index contributed by atoms with van der Waals surface area (Å²) in [4.78, 5) is 26.9. The fourth-order valence-corrected chi connectivity index (χ4v) is 5.08. The van der Waals surface area contributed by atoms with Gasteiger partial charge in [0.25, 0.3) is 5.56 Å². The molecule has 0 aliphatic carbocycles. The number of unbranched alkanes of at least 4 members (excludes halogenated alkanes) is 1. The largest absolute Gasteiger partial charge is 0.486 e. The van der Waals surface area contributed by atoms with Gasteiger partial charge in [0.1, 0.15) is 11.6 Å². The number of benzene rings is 3. The number of aromatic amines is 1. The van der Waals surface area contributed by atoms with E-state index in [4.69, 9.17) is 9.72 Å². The summed E-state index contributed by atoms with van der Waals surface area (Å²) in [5.41, 5.74) is 4.08. The van der Waals surface area contributed by atoms with Crippen LogP contribution in [0.25, 0.3) is 11.5 Å². The van der Waals surface area contributed by atoms with Gasteiger partial charge in [-0.2, -0.15) is 0 Å². The van der Waals surface area contributed by atoms with Crippen molar-refractivity contribution >= 4 is 15.9 Å². The third-order valence-electron chi connectivity index (χ3n) is 7.06. The van der Waals surface area contributed by atoms with Gasteiger partial charge in [-0.1, -0.05) is 83.9 Å². The molecule has 0 fully saturated rings. The third-order valence-corrected chi connectivity index (χ3v) is 7.58. The van der Waals surface area contributed by atoms with E-state index in [0.717, 1.165) is 39.7 Å². The average Bonchev–Trinajstić information content (AvgIpc) is 3.45. The number of ether oxygens (including phenoxy) is 1. The molecule has 0 amide bonds. The van der Waals surface area contributed by atoms with E-state index < -0.39 is 0 Å². The van der Waals surface area contributed by atoms with Crippen molar-refractivity contribution in [3.63, 3.8) is 0 Å². The zero-order chi connectivity index (χ0) is 28.8. The minimum absolute atomic E-state index is 0.182. The molecule has 0 saturated carbocycles. The van der Waals surface area contributed by atoms with Crippen LogP contribution in [0.2, 0.25) is 0 Å². The summed E-state index contributed by atoms with van der Waals surface area (Å²) < 4.78 is 22.0. The molecule has 5 aromatic rings. The zero-order valence-electron chi connectivity index (χ0n) is 23.1. The molecular formula is C33H32BrFN4O2. The Kier molecular flexibility index (Phi) is 9.09. The Morgan fingerprint density at radius 1 is 1.00 bits per heavy atom. The maximum Gasteiger partial charge on any atom is 0.296 e. The van der Waals surface area contributed by atoms with E-state index in [1.54, 1.807) is 29.9 Å². The lowest BCUT2D eigenvalue weighted by molar-refractivity contribution is 0.302. The van der Waals surface area contributed by atoms with Crippen molar-refractivity contribution in [3.8, 4) is 17.3 Å². The molecule has 0 radical (unpaired) electrons. The van der Waals surface area contributed by atoms with Gasteiger partial charge in [-0.25, -0.2) is 14.4 Å². The normalized spacial score (nSPS) is 11.9. The number of aromatic nitrogens is 4. The molecule has 0 spiro atoms. The van der Waals surface area contributed by atoms with Crippen LogP contribution in [-0.4, -0.2) is 26.1 Å². The van der Waals surface area contributed by atoms with Gasteiger partial charge in [-0.15, -0.1) is 0 Å². The topological polar surface area (TPSA) is 72.8 Å². The first-order valence-electron chi connectivity index (χ1n) is 13.7. The van der Waals surface area contributed by atoms with E-state index in [1.165, 1.54) is 12.1 Å². The maximum atomic E-state index is 13.9. The Bertz CT molecular complexity index is 1650. The molecule has 41 heavy (non-hydrogen) atoms. The Labute approximate surface area is 247 Å². The van der Waals surface area contributed by atoms with Gasteiger partial charge in [0.15, 0.2) is 11.5 Å². The van der Waals surface area contributed by atoms with E-state index in [9.17, 15) is 9.18 Å². The van der Waals surface area contributed by atoms with Crippen LogP contribution in [0.3, 0.4) is 0 Å². The van der Waals surface area contributed by atoms with Crippen LogP contribution in [0.1, 0.15) is 53.9 Å². The maximum absolute atomic E-state index is 13.9. The van der Waals surface area contributed by atoms with Crippen LogP contribution in [0, 0.1) is 5.82 Å². The van der Waals surface area contributed by atoms with Crippen molar-refractivity contribution in [1.82, 2.24) is 19.5 Å². The van der Waals surface area contributed by atoms with Gasteiger partial charge >= 0.3 is 0 Å². The van der Waals surface area contributed by atoms with Gasteiger partial charge in [0.05, 0.1) is 6.61 Å². The molecule has 5 rings (SSSR count). The summed E-state index contributed by atoms with van der Waals surface area (Å²) in [5.74, 6) is 0.792. The van der Waals surface area contributed by atoms with Crippen molar-refractivity contribution in [1.29, 1.82) is 0 Å². The first-order valence-corrected chi connectivity index (χ1v) is 14.5. The summed E-state index contributed by atoms with van der Waals surface area (Å²) in [6.45, 7) is 2.48. The van der Waals surface area contributed by atoms with Gasteiger partial charge < -0.3 is 9.72 Å². The van der Waals surface area contributed by atoms with Crippen LogP contribution in [0.5, 0.6) is 5.75 Å². The lowest BCUT2D eigenvalue weighted by Crippen LogP contribution is -2.28. The van der Waals surface area contributed by atoms with Crippen molar-refractivity contribution in [2.75, 3.05) is 6.61 Å². The number of rotatable bonds is 11. The van der Waals surface area contributed by atoms with Crippen LogP contribution in [0.15, 0.2) is 94.3 Å². The van der Waals surface area contributed by atoms with Crippen LogP contribution in [0.4, 0.5) is 4.39 Å². The molecule has 6 nitrogen and oxygen atoms in total. The van der Waals surface area contributed by atoms with E-state index >= 15 is 0 Å². The second-order valence-corrected chi connectivity index (χ2v) is 11.0. The molecule has 0 saturated heterocycles. The molecule has 210 valence electrons. The van der Waals surface area contributed by atoms with Crippen LogP contribution in [-0.2, 0) is 19.9 Å². The van der Waals surface area contributed by atoms with Crippen LogP contribution < -0.4 is 10.3 Å². The SMILES string of the molecule is CCCCOc1c(-c2ncc(Cc3ccc(F)cc3)[nH]2)nc(C(Cc2ccccc2)c2ccc(Br)cc2)n(C)c1=O. The van der Waals surface area contributed by atoms with Crippen molar-refractivity contribution < 1.29 is 9.13 Å². The number of hydrogen-bond donors (Lipinski definition) is 1. The molecule has 8 heteroatoms. The molecule has 1 atom stereocenters. The highest BCUT2D eigenvalue weighted by Gasteiger charge is 2.26. The standard InChI is InChI=1S/C33H32BrFN4O2/c1-3-4-18-41-30-29(31-36-21-27(37-31)19-23-10-16-26(35)17-11-23)38-32(39(2)33(30)40)28(20-22-8-6-5-7-9-22)24-12-14-25(34)15-13-24/h5-17,21,28H,3-4,18-20H2,1-2H3,(H,36,37). The Balaban J connectivity index is 1.61. The highest BCUT2D eigenvalue weighted by molar-refractivity contribution is 9.10. The smallest absolute Gasteiger partial charge is 0.296 e. The number of halogens is 2. The predicted octanol–water partition coefficient (Wildman–Crippen LogP) is 7.22. The summed E-state index contributed by atoms with van der Waals surface area (Å²) in [6, 6.07) is 24.7. The molecule has 1 unspecified atom stereocenters. The molecule has 0 aliphatic heterocycles. The second-order valence-electron chi connectivity index (χ2n) is 10.1. The Morgan fingerprint density at radius 3 is 2.44 bits per heavy atom. The van der Waals surface area contributed by atoms with Crippen molar-refractivity contribution in [2.24, 2.45) is 7.05 Å². The number of nitrogens with zero attached hydrogens (tertiary/aromatic N) is 3. The number of nitrogens with one attached hydrogen (secondary N) is 1. The second kappa shape index (κ2) is 13.1. The van der Waals surface area contributed by atoms with Gasteiger partial charge in [-0.3, -0.25) is 9.36 Å². The zero-order valence-corrected chi connectivity index (χ0v) is 24.7. The van der Waals surface area contributed by atoms with E-state index in [0.29, 0.717) is 36.8 Å². The molecule has 0 bridgehead atoms. The quantitative estimate of drug-likeness (QED) is 0.159. The summed E-state index contributed by atoms with van der Waals surface area (Å²) in [5, 5.41) is 0. The van der Waals surface area contributed by atoms with E-state index in [2.05, 4.69) is 57.1 Å². The number of H-pyrrole nitrogens is 1. The third kappa shape index (κ3) is 6.82. The molecule has 3 aromatic carbocycles. The monoisotopic (exact) mass is 614 g/mol. The molecule has 0 aliphatic rings. The Hall–Kier alpha value is -4.04. The number of hydrogen-bond acceptors (Lipinski definition) is 4. The van der Waals surface area contributed by atoms with Crippen molar-refractivity contribution in [2.45, 2.75) is 38.5 Å². The minimum atomic E-state index is -0.277. The van der Waals surface area contributed by atoms with E-state index in [1.807, 2.05) is 30.3 Å². The number of imidazole rings is 1. The van der Waals surface area contributed by atoms with Gasteiger partial charge in [0, 0.05) is 35.7 Å². The lowest BCUT2D eigenvalue weighted by atomic mass is 9.91. The van der Waals surface area contributed by atoms with Crippen LogP contribution >= 0.6 is 15.9 Å². The average molecular weight is 616 g/mol. The van der Waals surface area contributed by atoms with Crippen molar-refractivity contribution in [3.05, 3.63) is 134 Å². The predicted molar refractivity (Wildman–Crippen MR) is 163 cm³/mol. The minimum Gasteiger partial charge on any atom is -0.486 e. The summed E-state index contributed by atoms with van der Waals surface area (Å²) in [6.07, 6.45) is 4.67. The first kappa shape index (κ1) is 28.5. The highest BCUT2D eigenvalue weighted by atomic mass is 79.9. The molecular weight excluding hydrogens is 583 g/mol. The molecule has 2 aromatic heterocycles. The van der Waals surface area contributed by atoms with Gasteiger partial charge in [0.2, 0.25) is 5.75 Å². The summed E-state index contributed by atoms with van der Waals surface area (Å²) in [7, 11) is 1.75. The van der Waals surface area contributed by atoms with E-state index in [-0.39, 0.29) is 23.0 Å². The summed E-state index contributed by atoms with van der Waals surface area (Å²) >= 11 is 3.54.